The Balaban J connectivity index is 0.00000338. The summed E-state index contributed by atoms with van der Waals surface area (Å²) in [7, 11) is 1.75. The summed E-state index contributed by atoms with van der Waals surface area (Å²) < 4.78 is 19.7. The van der Waals surface area contributed by atoms with Gasteiger partial charge in [0.05, 0.1) is 6.10 Å². The number of aryl methyl sites for hydroxylation is 1. The highest BCUT2D eigenvalue weighted by atomic mass is 127. The molecule has 0 bridgehead atoms. The van der Waals surface area contributed by atoms with Crippen LogP contribution in [0.3, 0.4) is 0 Å². The van der Waals surface area contributed by atoms with Gasteiger partial charge in [-0.2, -0.15) is 0 Å². The third kappa shape index (κ3) is 6.68. The van der Waals surface area contributed by atoms with Crippen LogP contribution in [0.5, 0.6) is 0 Å². The van der Waals surface area contributed by atoms with Crippen LogP contribution in [0.15, 0.2) is 23.2 Å². The standard InChI is InChI=1S/C20H32FN3O.HI/c1-14-8-9-15(11-17(14)21)12-23-19(22-5)24-13-16-7-6-10-25-18(16)20(2,3)4;/h8-9,11,16,18H,6-7,10,12-13H2,1-5H3,(H2,22,23,24);1H. The van der Waals surface area contributed by atoms with Gasteiger partial charge in [-0.3, -0.25) is 4.99 Å². The average molecular weight is 477 g/mol. The lowest BCUT2D eigenvalue weighted by Gasteiger charge is -2.40. The van der Waals surface area contributed by atoms with Crippen LogP contribution in [0, 0.1) is 24.1 Å². The predicted octanol–water partition coefficient (Wildman–Crippen LogP) is 4.26. The van der Waals surface area contributed by atoms with Gasteiger partial charge in [-0.05, 0) is 42.4 Å². The molecule has 1 aliphatic heterocycles. The number of nitrogens with one attached hydrogen (secondary N) is 2. The third-order valence-corrected chi connectivity index (χ3v) is 4.75. The van der Waals surface area contributed by atoms with Gasteiger partial charge in [0.25, 0.3) is 0 Å². The number of nitrogens with zero attached hydrogens (tertiary/aromatic N) is 1. The van der Waals surface area contributed by atoms with Crippen molar-refractivity contribution in [3.05, 3.63) is 35.1 Å². The Labute approximate surface area is 174 Å². The first kappa shape index (κ1) is 23.1. The lowest BCUT2D eigenvalue weighted by atomic mass is 9.78. The van der Waals surface area contributed by atoms with Gasteiger partial charge in [-0.25, -0.2) is 4.39 Å². The first-order valence-electron chi connectivity index (χ1n) is 9.12. The SMILES string of the molecule is CN=C(NCc1ccc(C)c(F)c1)NCC1CCCOC1C(C)(C)C.I. The molecule has 0 radical (unpaired) electrons. The van der Waals surface area contributed by atoms with Crippen molar-refractivity contribution in [2.75, 3.05) is 20.2 Å². The number of guanidine groups is 1. The molecule has 1 fully saturated rings. The van der Waals surface area contributed by atoms with Crippen molar-refractivity contribution in [1.29, 1.82) is 0 Å². The first-order chi connectivity index (χ1) is 11.8. The number of aliphatic imine (C=N–C) groups is 1. The maximum absolute atomic E-state index is 13.6. The lowest BCUT2D eigenvalue weighted by molar-refractivity contribution is -0.0835. The van der Waals surface area contributed by atoms with Gasteiger partial charge in [-0.15, -0.1) is 24.0 Å². The number of hydrogen-bond acceptors (Lipinski definition) is 2. The minimum absolute atomic E-state index is 0. The molecule has 2 unspecified atom stereocenters. The minimum atomic E-state index is -0.172. The van der Waals surface area contributed by atoms with E-state index in [-0.39, 0.29) is 41.3 Å². The zero-order valence-electron chi connectivity index (χ0n) is 16.6. The van der Waals surface area contributed by atoms with Crippen molar-refractivity contribution in [3.63, 3.8) is 0 Å². The molecule has 0 saturated carbocycles. The highest BCUT2D eigenvalue weighted by Gasteiger charge is 2.35. The quantitative estimate of drug-likeness (QED) is 0.387. The van der Waals surface area contributed by atoms with E-state index in [2.05, 4.69) is 36.4 Å². The fraction of sp³-hybridized carbons (Fsp3) is 0.650. The van der Waals surface area contributed by atoms with Gasteiger partial charge in [-0.1, -0.05) is 32.9 Å². The molecule has 0 spiro atoms. The van der Waals surface area contributed by atoms with E-state index in [1.54, 1.807) is 26.1 Å². The van der Waals surface area contributed by atoms with Gasteiger partial charge in [0.1, 0.15) is 5.82 Å². The summed E-state index contributed by atoms with van der Waals surface area (Å²) >= 11 is 0. The van der Waals surface area contributed by atoms with Crippen LogP contribution in [-0.2, 0) is 11.3 Å². The summed E-state index contributed by atoms with van der Waals surface area (Å²) in [6.45, 7) is 10.7. The second-order valence-electron chi connectivity index (χ2n) is 7.95. The van der Waals surface area contributed by atoms with E-state index in [9.17, 15) is 4.39 Å². The number of benzene rings is 1. The van der Waals surface area contributed by atoms with Crippen LogP contribution in [-0.4, -0.2) is 32.3 Å². The Hall–Kier alpha value is -0.890. The first-order valence-corrected chi connectivity index (χ1v) is 9.12. The summed E-state index contributed by atoms with van der Waals surface area (Å²) in [5, 5.41) is 6.66. The van der Waals surface area contributed by atoms with E-state index in [4.69, 9.17) is 4.74 Å². The Bertz CT molecular complexity index is 601. The molecule has 26 heavy (non-hydrogen) atoms. The van der Waals surface area contributed by atoms with Crippen LogP contribution >= 0.6 is 24.0 Å². The second-order valence-corrected chi connectivity index (χ2v) is 7.95. The van der Waals surface area contributed by atoms with E-state index in [1.165, 1.54) is 0 Å². The minimum Gasteiger partial charge on any atom is -0.377 e. The summed E-state index contributed by atoms with van der Waals surface area (Å²) in [6, 6.07) is 5.30. The van der Waals surface area contributed by atoms with Crippen LogP contribution in [0.4, 0.5) is 4.39 Å². The Morgan fingerprint density at radius 3 is 2.65 bits per heavy atom. The number of ether oxygens (including phenoxy) is 1. The summed E-state index contributed by atoms with van der Waals surface area (Å²) in [4.78, 5) is 4.27. The molecular formula is C20H33FIN3O. The van der Waals surface area contributed by atoms with E-state index in [1.807, 2.05) is 6.07 Å². The Kier molecular flexibility index (Phi) is 9.30. The predicted molar refractivity (Wildman–Crippen MR) is 117 cm³/mol. The fourth-order valence-corrected chi connectivity index (χ4v) is 3.39. The van der Waals surface area contributed by atoms with E-state index in [0.717, 1.165) is 37.5 Å². The van der Waals surface area contributed by atoms with Gasteiger partial charge in [0, 0.05) is 32.7 Å². The van der Waals surface area contributed by atoms with Gasteiger partial charge in [0.2, 0.25) is 0 Å². The van der Waals surface area contributed by atoms with Crippen molar-refractivity contribution in [2.24, 2.45) is 16.3 Å². The topological polar surface area (TPSA) is 45.7 Å². The summed E-state index contributed by atoms with van der Waals surface area (Å²) in [6.07, 6.45) is 2.51. The molecule has 1 aliphatic rings. The van der Waals surface area contributed by atoms with Gasteiger partial charge < -0.3 is 15.4 Å². The zero-order chi connectivity index (χ0) is 18.4. The Morgan fingerprint density at radius 2 is 2.04 bits per heavy atom. The number of hydrogen-bond donors (Lipinski definition) is 2. The lowest BCUT2D eigenvalue weighted by Crippen LogP contribution is -2.47. The zero-order valence-corrected chi connectivity index (χ0v) is 18.9. The maximum Gasteiger partial charge on any atom is 0.191 e. The molecule has 148 valence electrons. The summed E-state index contributed by atoms with van der Waals surface area (Å²) in [5.41, 5.74) is 1.69. The molecule has 1 aromatic rings. The molecule has 6 heteroatoms. The normalized spacial score (nSPS) is 21.1. The highest BCUT2D eigenvalue weighted by Crippen LogP contribution is 2.33. The molecule has 1 saturated heterocycles. The van der Waals surface area contributed by atoms with E-state index in [0.29, 0.717) is 18.0 Å². The Morgan fingerprint density at radius 1 is 1.31 bits per heavy atom. The molecule has 4 nitrogen and oxygen atoms in total. The van der Waals surface area contributed by atoms with Crippen LogP contribution < -0.4 is 10.6 Å². The molecule has 2 rings (SSSR count). The number of halogens is 2. The number of rotatable bonds is 4. The average Bonchev–Trinajstić information content (AvgIpc) is 2.57. The van der Waals surface area contributed by atoms with Gasteiger partial charge in [0.15, 0.2) is 5.96 Å². The largest absolute Gasteiger partial charge is 0.377 e. The van der Waals surface area contributed by atoms with Crippen LogP contribution in [0.1, 0.15) is 44.7 Å². The molecule has 0 aliphatic carbocycles. The fourth-order valence-electron chi connectivity index (χ4n) is 3.39. The third-order valence-electron chi connectivity index (χ3n) is 4.75. The van der Waals surface area contributed by atoms with Crippen molar-refractivity contribution < 1.29 is 9.13 Å². The molecule has 1 heterocycles. The van der Waals surface area contributed by atoms with Crippen molar-refractivity contribution in [1.82, 2.24) is 10.6 Å². The van der Waals surface area contributed by atoms with Crippen LogP contribution in [0.25, 0.3) is 0 Å². The molecular weight excluding hydrogens is 444 g/mol. The van der Waals surface area contributed by atoms with E-state index < -0.39 is 0 Å². The van der Waals surface area contributed by atoms with Crippen molar-refractivity contribution in [2.45, 2.75) is 53.2 Å². The summed E-state index contributed by atoms with van der Waals surface area (Å²) in [5.74, 6) is 1.03. The van der Waals surface area contributed by atoms with E-state index >= 15 is 0 Å². The molecule has 1 aromatic carbocycles. The molecule has 2 N–H and O–H groups in total. The highest BCUT2D eigenvalue weighted by molar-refractivity contribution is 14.0. The van der Waals surface area contributed by atoms with Crippen LogP contribution in [0.2, 0.25) is 0 Å². The van der Waals surface area contributed by atoms with Gasteiger partial charge >= 0.3 is 0 Å². The molecule has 0 amide bonds. The second kappa shape index (κ2) is 10.4. The van der Waals surface area contributed by atoms with Crippen molar-refractivity contribution in [3.8, 4) is 0 Å². The molecule has 2 atom stereocenters. The monoisotopic (exact) mass is 477 g/mol. The smallest absolute Gasteiger partial charge is 0.191 e. The maximum atomic E-state index is 13.6. The van der Waals surface area contributed by atoms with Crippen molar-refractivity contribution >= 4 is 29.9 Å². The molecule has 0 aromatic heterocycles.